The van der Waals surface area contributed by atoms with E-state index in [0.717, 1.165) is 43.3 Å². The molecular weight excluding hydrogens is 408 g/mol. The molecule has 0 unspecified atom stereocenters. The first-order valence-electron chi connectivity index (χ1n) is 10.4. The molecule has 1 aliphatic heterocycles. The number of hydrogen-bond donors (Lipinski definition) is 2. The predicted octanol–water partition coefficient (Wildman–Crippen LogP) is 3.32. The van der Waals surface area contributed by atoms with Crippen molar-refractivity contribution >= 4 is 36.0 Å². The number of para-hydroxylation sites is 1. The van der Waals surface area contributed by atoms with E-state index in [9.17, 15) is 4.79 Å². The number of H-pyrrole nitrogens is 1. The molecule has 2 N–H and O–H groups in total. The van der Waals surface area contributed by atoms with Gasteiger partial charge in [-0.25, -0.2) is 4.68 Å². The molecule has 0 radical (unpaired) electrons. The summed E-state index contributed by atoms with van der Waals surface area (Å²) in [7, 11) is 0. The first-order valence-corrected chi connectivity index (χ1v) is 10.8. The fourth-order valence-electron chi connectivity index (χ4n) is 3.50. The molecule has 0 saturated carbocycles. The molecule has 8 heteroatoms. The Kier molecular flexibility index (Phi) is 7.03. The predicted molar refractivity (Wildman–Crippen MR) is 126 cm³/mol. The molecule has 1 aliphatic rings. The van der Waals surface area contributed by atoms with Crippen molar-refractivity contribution in [3.63, 3.8) is 0 Å². The lowest BCUT2D eigenvalue weighted by Crippen LogP contribution is -2.48. The summed E-state index contributed by atoms with van der Waals surface area (Å²) in [5.74, 6) is 0.760. The standard InChI is InChI=1S/C23H26N6OS/c30-22(24-20-9-5-2-6-10-20)17-27-13-15-28(16-14-27)18-29-23(31)25-21(26-29)12-11-19-7-3-1-4-8-19/h1-12H,13-18H2,(H,24,30)(H,25,26,31)/b12-11+. The van der Waals surface area contributed by atoms with Gasteiger partial charge in [0.25, 0.3) is 0 Å². The molecule has 7 nitrogen and oxygen atoms in total. The Labute approximate surface area is 187 Å². The summed E-state index contributed by atoms with van der Waals surface area (Å²) < 4.78 is 2.43. The van der Waals surface area contributed by atoms with Crippen molar-refractivity contribution in [2.24, 2.45) is 0 Å². The summed E-state index contributed by atoms with van der Waals surface area (Å²) in [5, 5.41) is 6.21. The van der Waals surface area contributed by atoms with Gasteiger partial charge in [-0.2, -0.15) is 4.98 Å². The van der Waals surface area contributed by atoms with E-state index in [-0.39, 0.29) is 5.91 Å². The number of carbonyl (C=O) groups is 1. The Bertz CT molecular complexity index is 1070. The van der Waals surface area contributed by atoms with E-state index < -0.39 is 0 Å². The lowest BCUT2D eigenvalue weighted by molar-refractivity contribution is -0.117. The number of hydrogen-bond acceptors (Lipinski definition) is 5. The maximum absolute atomic E-state index is 12.3. The van der Waals surface area contributed by atoms with Crippen LogP contribution in [0.2, 0.25) is 0 Å². The average molecular weight is 435 g/mol. The van der Waals surface area contributed by atoms with E-state index in [2.05, 4.69) is 25.2 Å². The Morgan fingerprint density at radius 3 is 2.32 bits per heavy atom. The van der Waals surface area contributed by atoms with Gasteiger partial charge in [-0.05, 0) is 36.0 Å². The Morgan fingerprint density at radius 1 is 0.968 bits per heavy atom. The first kappa shape index (κ1) is 21.2. The summed E-state index contributed by atoms with van der Waals surface area (Å²) in [6.07, 6.45) is 3.95. The second-order valence-corrected chi connectivity index (χ2v) is 7.88. The minimum absolute atomic E-state index is 0.0188. The first-order chi connectivity index (χ1) is 15.2. The van der Waals surface area contributed by atoms with Crippen molar-refractivity contribution in [2.45, 2.75) is 6.67 Å². The minimum Gasteiger partial charge on any atom is -0.325 e. The van der Waals surface area contributed by atoms with E-state index in [0.29, 0.717) is 18.0 Å². The van der Waals surface area contributed by atoms with Gasteiger partial charge in [0.2, 0.25) is 10.7 Å². The largest absolute Gasteiger partial charge is 0.325 e. The van der Waals surface area contributed by atoms with Gasteiger partial charge in [0.1, 0.15) is 5.82 Å². The molecule has 0 atom stereocenters. The number of carbonyl (C=O) groups excluding carboxylic acids is 1. The maximum atomic E-state index is 12.3. The van der Waals surface area contributed by atoms with Gasteiger partial charge >= 0.3 is 0 Å². The third-order valence-electron chi connectivity index (χ3n) is 5.16. The topological polar surface area (TPSA) is 69.2 Å². The van der Waals surface area contributed by atoms with Crippen molar-refractivity contribution in [3.05, 3.63) is 76.8 Å². The SMILES string of the molecule is O=C(CN1CCN(Cn2[nH]c(/C=C/c3ccccc3)nc2=S)CC1)Nc1ccccc1. The third-order valence-corrected chi connectivity index (χ3v) is 5.47. The highest BCUT2D eigenvalue weighted by molar-refractivity contribution is 7.71. The van der Waals surface area contributed by atoms with Crippen LogP contribution in [-0.2, 0) is 11.5 Å². The van der Waals surface area contributed by atoms with E-state index in [1.807, 2.05) is 77.5 Å². The van der Waals surface area contributed by atoms with Crippen molar-refractivity contribution in [3.8, 4) is 0 Å². The highest BCUT2D eigenvalue weighted by Gasteiger charge is 2.19. The molecule has 31 heavy (non-hydrogen) atoms. The minimum atomic E-state index is 0.0188. The molecule has 3 aromatic rings. The van der Waals surface area contributed by atoms with Gasteiger partial charge in [0.15, 0.2) is 0 Å². The van der Waals surface area contributed by atoms with Crippen LogP contribution >= 0.6 is 12.2 Å². The van der Waals surface area contributed by atoms with Gasteiger partial charge in [-0.15, -0.1) is 0 Å². The van der Waals surface area contributed by atoms with E-state index in [4.69, 9.17) is 12.2 Å². The zero-order valence-electron chi connectivity index (χ0n) is 17.3. The number of nitrogens with zero attached hydrogens (tertiary/aromatic N) is 4. The van der Waals surface area contributed by atoms with Gasteiger partial charge in [0.05, 0.1) is 13.2 Å². The molecule has 4 rings (SSSR count). The highest BCUT2D eigenvalue weighted by atomic mass is 32.1. The summed E-state index contributed by atoms with van der Waals surface area (Å²) in [6.45, 7) is 4.48. The number of piperazine rings is 1. The van der Waals surface area contributed by atoms with Crippen LogP contribution in [-0.4, -0.2) is 63.2 Å². The average Bonchev–Trinajstić information content (AvgIpc) is 3.14. The Balaban J connectivity index is 1.25. The molecule has 1 amide bonds. The van der Waals surface area contributed by atoms with Gasteiger partial charge in [-0.3, -0.25) is 19.7 Å². The van der Waals surface area contributed by atoms with Crippen LogP contribution in [0.15, 0.2) is 60.7 Å². The summed E-state index contributed by atoms with van der Waals surface area (Å²) in [6, 6.07) is 19.6. The number of nitrogens with one attached hydrogen (secondary N) is 2. The lowest BCUT2D eigenvalue weighted by atomic mass is 10.2. The molecule has 2 heterocycles. The Morgan fingerprint density at radius 2 is 1.61 bits per heavy atom. The molecule has 1 fully saturated rings. The smallest absolute Gasteiger partial charge is 0.238 e. The normalized spacial score (nSPS) is 15.4. The Hall–Kier alpha value is -3.07. The highest BCUT2D eigenvalue weighted by Crippen LogP contribution is 2.08. The fourth-order valence-corrected chi connectivity index (χ4v) is 3.70. The molecular formula is C23H26N6OS. The van der Waals surface area contributed by atoms with Crippen molar-refractivity contribution in [1.82, 2.24) is 24.6 Å². The number of aromatic nitrogens is 3. The van der Waals surface area contributed by atoms with Crippen LogP contribution in [0.1, 0.15) is 11.4 Å². The molecule has 1 saturated heterocycles. The fraction of sp³-hybridized carbons (Fsp3) is 0.261. The number of benzene rings is 2. The van der Waals surface area contributed by atoms with Crippen LogP contribution in [0.25, 0.3) is 12.2 Å². The van der Waals surface area contributed by atoms with E-state index in [1.54, 1.807) is 0 Å². The lowest BCUT2D eigenvalue weighted by Gasteiger charge is -2.34. The molecule has 0 aliphatic carbocycles. The van der Waals surface area contributed by atoms with Crippen molar-refractivity contribution in [1.29, 1.82) is 0 Å². The van der Waals surface area contributed by atoms with Crippen LogP contribution < -0.4 is 5.32 Å². The zero-order chi connectivity index (χ0) is 21.5. The number of amides is 1. The van der Waals surface area contributed by atoms with Gasteiger partial charge in [-0.1, -0.05) is 54.6 Å². The molecule has 2 aromatic carbocycles. The molecule has 0 spiro atoms. The monoisotopic (exact) mass is 434 g/mol. The quantitative estimate of drug-likeness (QED) is 0.559. The number of aromatic amines is 1. The van der Waals surface area contributed by atoms with E-state index >= 15 is 0 Å². The number of rotatable bonds is 7. The summed E-state index contributed by atoms with van der Waals surface area (Å²) >= 11 is 5.41. The molecule has 160 valence electrons. The van der Waals surface area contributed by atoms with Crippen molar-refractivity contribution in [2.75, 3.05) is 38.0 Å². The number of anilines is 1. The van der Waals surface area contributed by atoms with Gasteiger partial charge in [0, 0.05) is 31.9 Å². The van der Waals surface area contributed by atoms with Crippen LogP contribution in [0.5, 0.6) is 0 Å². The van der Waals surface area contributed by atoms with Crippen LogP contribution in [0, 0.1) is 4.77 Å². The molecule has 1 aromatic heterocycles. The van der Waals surface area contributed by atoms with Crippen LogP contribution in [0.3, 0.4) is 0 Å². The summed E-state index contributed by atoms with van der Waals surface area (Å²) in [5.41, 5.74) is 1.95. The van der Waals surface area contributed by atoms with Crippen molar-refractivity contribution < 1.29 is 4.79 Å². The summed E-state index contributed by atoms with van der Waals surface area (Å²) in [4.78, 5) is 21.2. The van der Waals surface area contributed by atoms with Gasteiger partial charge < -0.3 is 5.32 Å². The second kappa shape index (κ2) is 10.3. The van der Waals surface area contributed by atoms with Crippen LogP contribution in [0.4, 0.5) is 5.69 Å². The maximum Gasteiger partial charge on any atom is 0.238 e. The third kappa shape index (κ3) is 6.21. The van der Waals surface area contributed by atoms with E-state index in [1.165, 1.54) is 0 Å². The zero-order valence-corrected chi connectivity index (χ0v) is 18.1. The second-order valence-electron chi connectivity index (χ2n) is 7.51. The molecule has 0 bridgehead atoms.